The third-order valence-corrected chi connectivity index (χ3v) is 17.2. The average molecular weight is 777 g/mol. The third-order valence-electron chi connectivity index (χ3n) is 17.2. The Balaban J connectivity index is 0.00000189. The first kappa shape index (κ1) is 51.1. The van der Waals surface area contributed by atoms with Crippen LogP contribution in [0.15, 0.2) is 0 Å². The molecule has 7 nitrogen and oxygen atoms in total. The molecule has 10 fully saturated rings. The molecular weight excluding hydrogens is 689 g/mol. The minimum atomic E-state index is -0.467. The summed E-state index contributed by atoms with van der Waals surface area (Å²) >= 11 is 0. The van der Waals surface area contributed by atoms with E-state index in [1.165, 1.54) is 38.5 Å². The lowest BCUT2D eigenvalue weighted by Crippen LogP contribution is -2.60. The minimum Gasteiger partial charge on any atom is -0.465 e. The summed E-state index contributed by atoms with van der Waals surface area (Å²) in [6.07, 6.45) is 14.4. The maximum atomic E-state index is 15.3. The van der Waals surface area contributed by atoms with Crippen LogP contribution in [-0.2, 0) is 33.4 Å². The summed E-state index contributed by atoms with van der Waals surface area (Å²) in [6, 6.07) is 0. The number of cyclic esters (lactones) is 3. The third kappa shape index (κ3) is 7.16. The van der Waals surface area contributed by atoms with Crippen molar-refractivity contribution in [3.63, 3.8) is 0 Å². The zero-order valence-corrected chi connectivity index (χ0v) is 29.0. The molecule has 8 saturated carbocycles. The summed E-state index contributed by atoms with van der Waals surface area (Å²) in [5, 5.41) is 0. The van der Waals surface area contributed by atoms with Crippen LogP contribution < -0.4 is 0 Å². The van der Waals surface area contributed by atoms with Gasteiger partial charge in [0.05, 0.1) is 30.3 Å². The Labute approximate surface area is 339 Å². The van der Waals surface area contributed by atoms with Gasteiger partial charge in [-0.1, -0.05) is 87.1 Å². The highest BCUT2D eigenvalue weighted by atomic mass is 16.6. The molecule has 2 heterocycles. The van der Waals surface area contributed by atoms with Crippen LogP contribution >= 0.6 is 0 Å². The van der Waals surface area contributed by atoms with E-state index >= 15 is 4.79 Å². The zero-order valence-electron chi connectivity index (χ0n) is 29.0. The maximum absolute atomic E-state index is 15.3. The molecule has 0 aromatic rings. The molecule has 0 radical (unpaired) electrons. The molecule has 13 atom stereocenters. The molecule has 8 aliphatic carbocycles. The highest BCUT2D eigenvalue weighted by Crippen LogP contribution is 2.68. The van der Waals surface area contributed by atoms with Crippen molar-refractivity contribution in [2.24, 2.45) is 100 Å². The molecule has 55 heavy (non-hydrogen) atoms. The molecule has 10 aliphatic rings. The van der Waals surface area contributed by atoms with Gasteiger partial charge in [-0.25, -0.2) is 0 Å². The average Bonchev–Trinajstić information content (AvgIpc) is 3.88. The van der Waals surface area contributed by atoms with Gasteiger partial charge in [0, 0.05) is 11.3 Å². The normalized spacial score (nSPS) is 43.6. The molecule has 0 aromatic carbocycles. The number of fused-ring (bicyclic) bond motifs is 7. The standard InChI is InChI=1S/C40H56O7.8CH4/c1-5-40(6-2,39-15-21-9-22(16-39)11-23(10-21)17-39)47-36(42)29(13-26-19(3)27-14-28(26)30-18-45-37(43)34(27)30)32-24-7-8-25(12-24)33(32)31-20(4)35(41)46-38(31)44;;;;;;;;/h19-34H,5-18H2,1-4H3;8*1H4. The van der Waals surface area contributed by atoms with Gasteiger partial charge in [-0.2, -0.15) is 0 Å². The molecule has 2 saturated heterocycles. The Morgan fingerprint density at radius 3 is 1.82 bits per heavy atom. The van der Waals surface area contributed by atoms with E-state index in [2.05, 4.69) is 20.8 Å². The smallest absolute Gasteiger partial charge is 0.317 e. The second kappa shape index (κ2) is 17.9. The van der Waals surface area contributed by atoms with E-state index in [1.807, 2.05) is 6.92 Å². The predicted octanol–water partition coefficient (Wildman–Crippen LogP) is 12.1. The van der Waals surface area contributed by atoms with E-state index in [1.54, 1.807) is 0 Å². The van der Waals surface area contributed by atoms with Crippen molar-refractivity contribution in [3.05, 3.63) is 0 Å². The second-order valence-corrected chi connectivity index (χ2v) is 18.6. The van der Waals surface area contributed by atoms with E-state index in [-0.39, 0.29) is 112 Å². The first-order valence-corrected chi connectivity index (χ1v) is 19.7. The Morgan fingerprint density at radius 2 is 1.29 bits per heavy atom. The van der Waals surface area contributed by atoms with Crippen LogP contribution in [0.3, 0.4) is 0 Å². The molecule has 0 amide bonds. The van der Waals surface area contributed by atoms with Crippen molar-refractivity contribution < 1.29 is 33.4 Å². The number of rotatable bonds is 9. The fourth-order valence-corrected chi connectivity index (χ4v) is 15.7. The van der Waals surface area contributed by atoms with E-state index in [0.29, 0.717) is 42.1 Å². The second-order valence-electron chi connectivity index (χ2n) is 18.6. The summed E-state index contributed by atoms with van der Waals surface area (Å²) in [6.45, 7) is 9.19. The molecule has 10 rings (SSSR count). The van der Waals surface area contributed by atoms with Crippen LogP contribution in [0.2, 0.25) is 0 Å². The highest BCUT2D eigenvalue weighted by molar-refractivity contribution is 5.96. The molecule has 0 spiro atoms. The Kier molecular flexibility index (Phi) is 16.6. The summed E-state index contributed by atoms with van der Waals surface area (Å²) in [5.41, 5.74) is -0.387. The molecule has 7 heteroatoms. The number of carbonyl (C=O) groups excluding carboxylic acids is 4. The van der Waals surface area contributed by atoms with Crippen LogP contribution in [0.25, 0.3) is 0 Å². The molecule has 322 valence electrons. The maximum Gasteiger partial charge on any atom is 0.317 e. The largest absolute Gasteiger partial charge is 0.465 e. The van der Waals surface area contributed by atoms with Crippen molar-refractivity contribution in [2.75, 3.05) is 6.61 Å². The lowest BCUT2D eigenvalue weighted by molar-refractivity contribution is -0.218. The van der Waals surface area contributed by atoms with Crippen molar-refractivity contribution in [3.8, 4) is 0 Å². The topological polar surface area (TPSA) is 96.0 Å². The minimum absolute atomic E-state index is 0. The molecule has 2 aliphatic heterocycles. The van der Waals surface area contributed by atoms with Gasteiger partial charge in [-0.3, -0.25) is 19.2 Å². The van der Waals surface area contributed by atoms with E-state index in [9.17, 15) is 14.4 Å². The quantitative estimate of drug-likeness (QED) is 0.131. The van der Waals surface area contributed by atoms with Crippen LogP contribution in [-0.4, -0.2) is 36.1 Å². The Hall–Kier alpha value is -1.92. The van der Waals surface area contributed by atoms with Crippen LogP contribution in [0.4, 0.5) is 0 Å². The zero-order chi connectivity index (χ0) is 32.6. The summed E-state index contributed by atoms with van der Waals surface area (Å²) in [7, 11) is 0. The van der Waals surface area contributed by atoms with Gasteiger partial charge < -0.3 is 14.2 Å². The van der Waals surface area contributed by atoms with Gasteiger partial charge in [0.25, 0.3) is 0 Å². The molecule has 13 unspecified atom stereocenters. The molecule has 8 bridgehead atoms. The van der Waals surface area contributed by atoms with Crippen molar-refractivity contribution >= 4 is 23.9 Å². The lowest BCUT2D eigenvalue weighted by Gasteiger charge is -2.63. The van der Waals surface area contributed by atoms with Gasteiger partial charge in [-0.15, -0.1) is 0 Å². The predicted molar refractivity (Wildman–Crippen MR) is 226 cm³/mol. The Bertz CT molecular complexity index is 1310. The van der Waals surface area contributed by atoms with Gasteiger partial charge in [0.2, 0.25) is 0 Å². The van der Waals surface area contributed by atoms with E-state index in [0.717, 1.165) is 62.7 Å². The summed E-state index contributed by atoms with van der Waals surface area (Å²) < 4.78 is 18.1. The first-order chi connectivity index (χ1) is 22.6. The van der Waals surface area contributed by atoms with Gasteiger partial charge in [0.15, 0.2) is 0 Å². The summed E-state index contributed by atoms with van der Waals surface area (Å²) in [4.78, 5) is 54.1. The lowest BCUT2D eigenvalue weighted by atomic mass is 9.44. The highest BCUT2D eigenvalue weighted by Gasteiger charge is 2.66. The van der Waals surface area contributed by atoms with E-state index < -0.39 is 23.4 Å². The van der Waals surface area contributed by atoms with E-state index in [4.69, 9.17) is 14.2 Å². The van der Waals surface area contributed by atoms with Crippen molar-refractivity contribution in [1.82, 2.24) is 0 Å². The van der Waals surface area contributed by atoms with Crippen molar-refractivity contribution in [2.45, 2.75) is 176 Å². The van der Waals surface area contributed by atoms with Crippen LogP contribution in [0.5, 0.6) is 0 Å². The van der Waals surface area contributed by atoms with Gasteiger partial charge >= 0.3 is 23.9 Å². The number of hydrogen-bond acceptors (Lipinski definition) is 7. The fraction of sp³-hybridized carbons (Fsp3) is 0.917. The monoisotopic (exact) mass is 777 g/mol. The number of hydrogen-bond donors (Lipinski definition) is 0. The van der Waals surface area contributed by atoms with Crippen LogP contribution in [0.1, 0.15) is 171 Å². The van der Waals surface area contributed by atoms with Crippen molar-refractivity contribution in [1.29, 1.82) is 0 Å². The number of ether oxygens (including phenoxy) is 3. The van der Waals surface area contributed by atoms with Crippen LogP contribution in [0, 0.1) is 100 Å². The summed E-state index contributed by atoms with van der Waals surface area (Å²) in [5.74, 6) is 2.68. The first-order valence-electron chi connectivity index (χ1n) is 19.7. The molecular formula is C48H88O7. The molecule has 0 N–H and O–H groups in total. The van der Waals surface area contributed by atoms with Gasteiger partial charge in [0.1, 0.15) is 5.60 Å². The molecule has 0 aromatic heterocycles. The number of carbonyl (C=O) groups is 4. The number of esters is 4. The Morgan fingerprint density at radius 1 is 0.727 bits per heavy atom. The van der Waals surface area contributed by atoms with Gasteiger partial charge in [-0.05, 0) is 149 Å². The SMILES string of the molecule is C.C.C.C.C.C.C.C.CCC(CC)(OC(=O)C(CC1C(C)C2CC1C1COC(=O)C21)C1C2CCC(C2)C1C1C(=O)OC(=O)C1C)C12CC3CC(CC(C3)C1)C2. The fourth-order valence-electron chi connectivity index (χ4n) is 15.7.